The van der Waals surface area contributed by atoms with E-state index in [0.717, 1.165) is 5.56 Å². The van der Waals surface area contributed by atoms with E-state index >= 15 is 0 Å². The molecular formula is C17H20N2O4. The Balaban J connectivity index is 1.77. The van der Waals surface area contributed by atoms with Crippen LogP contribution in [0, 0.1) is 11.8 Å². The van der Waals surface area contributed by atoms with Gasteiger partial charge in [0, 0.05) is 6.54 Å². The summed E-state index contributed by atoms with van der Waals surface area (Å²) in [7, 11) is 0. The molecule has 2 aliphatic rings. The number of ether oxygens (including phenoxy) is 1. The number of amides is 3. The van der Waals surface area contributed by atoms with E-state index < -0.39 is 12.0 Å². The van der Waals surface area contributed by atoms with Gasteiger partial charge in [-0.1, -0.05) is 37.3 Å². The van der Waals surface area contributed by atoms with Crippen molar-refractivity contribution in [3.05, 3.63) is 35.9 Å². The van der Waals surface area contributed by atoms with Crippen molar-refractivity contribution in [2.45, 2.75) is 25.8 Å². The Morgan fingerprint density at radius 2 is 2.04 bits per heavy atom. The number of hydrogen-bond acceptors (Lipinski definition) is 4. The summed E-state index contributed by atoms with van der Waals surface area (Å²) in [5, 5.41) is 2.72. The first-order chi connectivity index (χ1) is 11.1. The van der Waals surface area contributed by atoms with E-state index in [1.54, 1.807) is 0 Å². The highest BCUT2D eigenvalue weighted by Gasteiger charge is 2.46. The minimum Gasteiger partial charge on any atom is -0.447 e. The summed E-state index contributed by atoms with van der Waals surface area (Å²) in [5.74, 6) is -1.28. The van der Waals surface area contributed by atoms with Crippen molar-refractivity contribution < 1.29 is 19.1 Å². The molecule has 3 rings (SSSR count). The number of carbonyl (C=O) groups is 3. The quantitative estimate of drug-likeness (QED) is 0.910. The number of cyclic esters (lactones) is 1. The van der Waals surface area contributed by atoms with Gasteiger partial charge in [-0.3, -0.25) is 9.59 Å². The van der Waals surface area contributed by atoms with E-state index in [1.807, 2.05) is 37.3 Å². The van der Waals surface area contributed by atoms with E-state index in [1.165, 1.54) is 4.90 Å². The molecule has 2 aliphatic heterocycles. The molecule has 6 heteroatoms. The summed E-state index contributed by atoms with van der Waals surface area (Å²) >= 11 is 0. The average molecular weight is 316 g/mol. The fraction of sp³-hybridized carbons (Fsp3) is 0.471. The van der Waals surface area contributed by atoms with Crippen LogP contribution in [0.4, 0.5) is 4.79 Å². The first-order valence-corrected chi connectivity index (χ1v) is 7.93. The Kier molecular flexibility index (Phi) is 4.32. The number of rotatable bonds is 4. The van der Waals surface area contributed by atoms with Crippen molar-refractivity contribution in [2.24, 2.45) is 11.8 Å². The molecule has 0 aromatic heterocycles. The normalized spacial score (nSPS) is 27.0. The second-order valence-corrected chi connectivity index (χ2v) is 6.00. The van der Waals surface area contributed by atoms with E-state index in [-0.39, 0.29) is 36.9 Å². The molecule has 3 amide bonds. The summed E-state index contributed by atoms with van der Waals surface area (Å²) in [6.07, 6.45) is 0.530. The molecule has 122 valence electrons. The maximum Gasteiger partial charge on any atom is 0.416 e. The number of nitrogens with one attached hydrogen (secondary N) is 1. The zero-order chi connectivity index (χ0) is 16.4. The Labute approximate surface area is 134 Å². The molecule has 1 N–H and O–H groups in total. The Morgan fingerprint density at radius 1 is 1.30 bits per heavy atom. The second kappa shape index (κ2) is 6.40. The molecule has 1 aromatic carbocycles. The highest BCUT2D eigenvalue weighted by atomic mass is 16.6. The summed E-state index contributed by atoms with van der Waals surface area (Å²) in [4.78, 5) is 37.8. The standard InChI is InChI=1S/C17H20N2O4/c1-2-13-14(9-18-15(13)20)16(21)19-12(10-23-17(19)22)8-11-6-4-3-5-7-11/h3-7,12-14H,2,8-10H2,1H3,(H,18,20)/t12?,13-,14+/m1/s1. The van der Waals surface area contributed by atoms with Crippen LogP contribution in [0.15, 0.2) is 30.3 Å². The third kappa shape index (κ3) is 2.93. The fourth-order valence-corrected chi connectivity index (χ4v) is 3.34. The molecular weight excluding hydrogens is 296 g/mol. The molecule has 0 saturated carbocycles. The fourth-order valence-electron chi connectivity index (χ4n) is 3.34. The zero-order valence-electron chi connectivity index (χ0n) is 13.0. The van der Waals surface area contributed by atoms with Crippen LogP contribution < -0.4 is 5.32 Å². The first kappa shape index (κ1) is 15.5. The number of hydrogen-bond donors (Lipinski definition) is 1. The predicted octanol–water partition coefficient (Wildman–Crippen LogP) is 1.35. The molecule has 6 nitrogen and oxygen atoms in total. The largest absolute Gasteiger partial charge is 0.447 e. The summed E-state index contributed by atoms with van der Waals surface area (Å²) in [6, 6.07) is 9.37. The molecule has 1 aromatic rings. The predicted molar refractivity (Wildman–Crippen MR) is 82.4 cm³/mol. The summed E-state index contributed by atoms with van der Waals surface area (Å²) in [6.45, 7) is 2.36. The summed E-state index contributed by atoms with van der Waals surface area (Å²) in [5.41, 5.74) is 1.04. The van der Waals surface area contributed by atoms with Gasteiger partial charge in [-0.2, -0.15) is 0 Å². The van der Waals surface area contributed by atoms with Crippen LogP contribution in [-0.2, 0) is 20.7 Å². The molecule has 0 spiro atoms. The first-order valence-electron chi connectivity index (χ1n) is 7.93. The van der Waals surface area contributed by atoms with Crippen LogP contribution in [0.1, 0.15) is 18.9 Å². The molecule has 0 aliphatic carbocycles. The minimum absolute atomic E-state index is 0.113. The number of benzene rings is 1. The van der Waals surface area contributed by atoms with Gasteiger partial charge < -0.3 is 10.1 Å². The Bertz CT molecular complexity index is 616. The third-order valence-corrected chi connectivity index (χ3v) is 4.59. The maximum absolute atomic E-state index is 12.8. The van der Waals surface area contributed by atoms with Gasteiger partial charge in [-0.25, -0.2) is 9.69 Å². The molecule has 0 radical (unpaired) electrons. The highest BCUT2D eigenvalue weighted by Crippen LogP contribution is 2.27. The van der Waals surface area contributed by atoms with Crippen LogP contribution in [-0.4, -0.2) is 42.0 Å². The van der Waals surface area contributed by atoms with Gasteiger partial charge in [0.05, 0.1) is 17.9 Å². The number of imide groups is 1. The molecule has 2 heterocycles. The highest BCUT2D eigenvalue weighted by molar-refractivity contribution is 5.98. The molecule has 1 unspecified atom stereocenters. The monoisotopic (exact) mass is 316 g/mol. The van der Waals surface area contributed by atoms with Crippen molar-refractivity contribution in [1.29, 1.82) is 0 Å². The van der Waals surface area contributed by atoms with Crippen LogP contribution in [0.2, 0.25) is 0 Å². The van der Waals surface area contributed by atoms with Gasteiger partial charge in [-0.05, 0) is 18.4 Å². The Hall–Kier alpha value is -2.37. The maximum atomic E-state index is 12.8. The van der Waals surface area contributed by atoms with Crippen LogP contribution in [0.3, 0.4) is 0 Å². The van der Waals surface area contributed by atoms with E-state index in [4.69, 9.17) is 4.74 Å². The molecule has 3 atom stereocenters. The topological polar surface area (TPSA) is 75.7 Å². The average Bonchev–Trinajstić information content (AvgIpc) is 3.10. The van der Waals surface area contributed by atoms with Gasteiger partial charge in [0.25, 0.3) is 0 Å². The third-order valence-electron chi connectivity index (χ3n) is 4.59. The minimum atomic E-state index is -0.606. The van der Waals surface area contributed by atoms with Crippen molar-refractivity contribution >= 4 is 17.9 Å². The van der Waals surface area contributed by atoms with Gasteiger partial charge in [-0.15, -0.1) is 0 Å². The molecule has 2 fully saturated rings. The Morgan fingerprint density at radius 3 is 2.74 bits per heavy atom. The number of nitrogens with zero attached hydrogens (tertiary/aromatic N) is 1. The van der Waals surface area contributed by atoms with Crippen LogP contribution in [0.25, 0.3) is 0 Å². The smallest absolute Gasteiger partial charge is 0.416 e. The van der Waals surface area contributed by atoms with Gasteiger partial charge in [0.2, 0.25) is 11.8 Å². The lowest BCUT2D eigenvalue weighted by atomic mass is 9.91. The van der Waals surface area contributed by atoms with Crippen molar-refractivity contribution in [3.63, 3.8) is 0 Å². The number of carbonyl (C=O) groups excluding carboxylic acids is 3. The SMILES string of the molecule is CC[C@H]1C(=O)NC[C@@H]1C(=O)N1C(=O)OCC1Cc1ccccc1. The lowest BCUT2D eigenvalue weighted by Crippen LogP contribution is -2.45. The molecule has 23 heavy (non-hydrogen) atoms. The van der Waals surface area contributed by atoms with Crippen LogP contribution in [0.5, 0.6) is 0 Å². The lowest BCUT2D eigenvalue weighted by Gasteiger charge is -2.24. The van der Waals surface area contributed by atoms with E-state index in [0.29, 0.717) is 12.8 Å². The van der Waals surface area contributed by atoms with Gasteiger partial charge in [0.15, 0.2) is 0 Å². The molecule has 2 saturated heterocycles. The lowest BCUT2D eigenvalue weighted by molar-refractivity contribution is -0.136. The van der Waals surface area contributed by atoms with E-state index in [2.05, 4.69) is 5.32 Å². The van der Waals surface area contributed by atoms with Gasteiger partial charge in [0.1, 0.15) is 6.61 Å². The molecule has 0 bridgehead atoms. The van der Waals surface area contributed by atoms with Crippen molar-refractivity contribution in [3.8, 4) is 0 Å². The van der Waals surface area contributed by atoms with E-state index in [9.17, 15) is 14.4 Å². The van der Waals surface area contributed by atoms with Crippen molar-refractivity contribution in [1.82, 2.24) is 10.2 Å². The van der Waals surface area contributed by atoms with Crippen LogP contribution >= 0.6 is 0 Å². The second-order valence-electron chi connectivity index (χ2n) is 6.00. The summed E-state index contributed by atoms with van der Waals surface area (Å²) < 4.78 is 5.09. The zero-order valence-corrected chi connectivity index (χ0v) is 13.0. The van der Waals surface area contributed by atoms with Gasteiger partial charge >= 0.3 is 6.09 Å². The van der Waals surface area contributed by atoms with Crippen molar-refractivity contribution in [2.75, 3.05) is 13.2 Å².